The quantitative estimate of drug-likeness (QED) is 0.895. The van der Waals surface area contributed by atoms with Crippen molar-refractivity contribution in [3.63, 3.8) is 0 Å². The van der Waals surface area contributed by atoms with Gasteiger partial charge in [-0.05, 0) is 31.7 Å². The van der Waals surface area contributed by atoms with Gasteiger partial charge in [-0.2, -0.15) is 5.10 Å². The molecule has 0 bridgehead atoms. The van der Waals surface area contributed by atoms with Gasteiger partial charge in [0.1, 0.15) is 0 Å². The topological polar surface area (TPSA) is 33.1 Å². The van der Waals surface area contributed by atoms with E-state index < -0.39 is 0 Å². The van der Waals surface area contributed by atoms with Gasteiger partial charge < -0.3 is 5.32 Å². The van der Waals surface area contributed by atoms with Crippen molar-refractivity contribution in [3.05, 3.63) is 18.0 Å². The number of aryl methyl sites for hydroxylation is 1. The van der Waals surface area contributed by atoms with Crippen molar-refractivity contribution in [3.8, 4) is 0 Å². The Bertz CT molecular complexity index is 424. The van der Waals surface area contributed by atoms with E-state index in [0.29, 0.717) is 6.04 Å². The molecule has 2 atom stereocenters. The van der Waals surface area contributed by atoms with Crippen molar-refractivity contribution < 1.29 is 0 Å². The molecule has 0 saturated carbocycles. The Balaban J connectivity index is 1.95. The summed E-state index contributed by atoms with van der Waals surface area (Å²) < 4.78 is 1.89. The molecule has 0 radical (unpaired) electrons. The minimum Gasteiger partial charge on any atom is -0.311 e. The largest absolute Gasteiger partial charge is 0.311 e. The zero-order chi connectivity index (χ0) is 14.8. The van der Waals surface area contributed by atoms with Gasteiger partial charge in [-0.25, -0.2) is 0 Å². The number of hydrogen-bond donors (Lipinski definition) is 1. The first-order chi connectivity index (χ1) is 9.42. The fraction of sp³-hybridized carbons (Fsp3) is 0.812. The van der Waals surface area contributed by atoms with Crippen molar-refractivity contribution in [2.75, 3.05) is 19.6 Å². The van der Waals surface area contributed by atoms with E-state index in [0.717, 1.165) is 32.0 Å². The Morgan fingerprint density at radius 2 is 2.25 bits per heavy atom. The normalized spacial score (nSPS) is 24.8. The standard InChI is InChI=1S/C16H30N4/c1-6-13(2)15-11-20(16(3,4)12-17-15)8-7-14-9-18-19(5)10-14/h9-10,13,15,17H,6-8,11-12H2,1-5H3. The fourth-order valence-corrected chi connectivity index (χ4v) is 2.97. The van der Waals surface area contributed by atoms with E-state index in [4.69, 9.17) is 0 Å². The lowest BCUT2D eigenvalue weighted by molar-refractivity contribution is 0.0530. The van der Waals surface area contributed by atoms with Crippen molar-refractivity contribution in [1.82, 2.24) is 20.0 Å². The maximum Gasteiger partial charge on any atom is 0.0522 e. The van der Waals surface area contributed by atoms with Crippen LogP contribution in [0.1, 0.15) is 39.7 Å². The first kappa shape index (κ1) is 15.5. The van der Waals surface area contributed by atoms with Gasteiger partial charge in [-0.15, -0.1) is 0 Å². The van der Waals surface area contributed by atoms with Gasteiger partial charge in [0, 0.05) is 44.5 Å². The lowest BCUT2D eigenvalue weighted by atomic mass is 9.90. The van der Waals surface area contributed by atoms with E-state index in [1.807, 2.05) is 17.9 Å². The molecule has 1 aliphatic rings. The number of rotatable bonds is 5. The SMILES string of the molecule is CCC(C)C1CN(CCc2cnn(C)c2)C(C)(C)CN1. The zero-order valence-corrected chi connectivity index (χ0v) is 13.7. The molecular formula is C16H30N4. The Morgan fingerprint density at radius 3 is 2.85 bits per heavy atom. The molecule has 20 heavy (non-hydrogen) atoms. The molecule has 1 aromatic rings. The smallest absolute Gasteiger partial charge is 0.0522 e. The third-order valence-electron chi connectivity index (χ3n) is 4.83. The van der Waals surface area contributed by atoms with Crippen LogP contribution >= 0.6 is 0 Å². The predicted octanol–water partition coefficient (Wildman–Crippen LogP) is 2.06. The Hall–Kier alpha value is -0.870. The summed E-state index contributed by atoms with van der Waals surface area (Å²) in [5, 5.41) is 7.99. The highest BCUT2D eigenvalue weighted by Crippen LogP contribution is 2.22. The van der Waals surface area contributed by atoms with Crippen LogP contribution in [0.4, 0.5) is 0 Å². The summed E-state index contributed by atoms with van der Waals surface area (Å²) in [4.78, 5) is 2.65. The third-order valence-corrected chi connectivity index (χ3v) is 4.83. The minimum atomic E-state index is 0.242. The third kappa shape index (κ3) is 3.61. The summed E-state index contributed by atoms with van der Waals surface area (Å²) in [5.41, 5.74) is 1.58. The van der Waals surface area contributed by atoms with Gasteiger partial charge in [-0.3, -0.25) is 9.58 Å². The van der Waals surface area contributed by atoms with Crippen LogP contribution in [0.15, 0.2) is 12.4 Å². The molecule has 2 heterocycles. The molecule has 114 valence electrons. The van der Waals surface area contributed by atoms with Crippen molar-refractivity contribution in [1.29, 1.82) is 0 Å². The molecule has 0 aliphatic carbocycles. The number of aromatic nitrogens is 2. The average molecular weight is 278 g/mol. The minimum absolute atomic E-state index is 0.242. The van der Waals surface area contributed by atoms with Crippen LogP contribution < -0.4 is 5.32 Å². The van der Waals surface area contributed by atoms with Crippen LogP contribution in [0.3, 0.4) is 0 Å². The summed E-state index contributed by atoms with van der Waals surface area (Å²) in [7, 11) is 1.98. The lowest BCUT2D eigenvalue weighted by Gasteiger charge is -2.47. The highest BCUT2D eigenvalue weighted by Gasteiger charge is 2.34. The molecular weight excluding hydrogens is 248 g/mol. The van der Waals surface area contributed by atoms with Crippen LogP contribution in [-0.4, -0.2) is 45.9 Å². The summed E-state index contributed by atoms with van der Waals surface area (Å²) in [5.74, 6) is 0.743. The van der Waals surface area contributed by atoms with Gasteiger partial charge in [0.05, 0.1) is 6.20 Å². The molecule has 2 rings (SSSR count). The molecule has 2 unspecified atom stereocenters. The Labute approximate surface area is 123 Å². The Morgan fingerprint density at radius 1 is 1.50 bits per heavy atom. The summed E-state index contributed by atoms with van der Waals surface area (Å²) in [6.07, 6.45) is 6.45. The zero-order valence-electron chi connectivity index (χ0n) is 13.7. The maximum absolute atomic E-state index is 4.26. The highest BCUT2D eigenvalue weighted by molar-refractivity contribution is 5.05. The highest BCUT2D eigenvalue weighted by atomic mass is 15.3. The van der Waals surface area contributed by atoms with E-state index in [2.05, 4.69) is 49.2 Å². The molecule has 0 aromatic carbocycles. The second-order valence-electron chi connectivity index (χ2n) is 6.90. The summed E-state index contributed by atoms with van der Waals surface area (Å²) >= 11 is 0. The molecule has 1 aliphatic heterocycles. The number of nitrogens with zero attached hydrogens (tertiary/aromatic N) is 3. The van der Waals surface area contributed by atoms with Crippen molar-refractivity contribution in [2.24, 2.45) is 13.0 Å². The molecule has 4 heteroatoms. The summed E-state index contributed by atoms with van der Waals surface area (Å²) in [6.45, 7) is 12.7. The van der Waals surface area contributed by atoms with Gasteiger partial charge in [-0.1, -0.05) is 20.3 Å². The Kier molecular flexibility index (Phi) is 4.86. The molecule has 4 nitrogen and oxygen atoms in total. The van der Waals surface area contributed by atoms with Crippen LogP contribution in [-0.2, 0) is 13.5 Å². The molecule has 1 N–H and O–H groups in total. The molecule has 0 amide bonds. The van der Waals surface area contributed by atoms with Crippen LogP contribution in [0.5, 0.6) is 0 Å². The van der Waals surface area contributed by atoms with E-state index in [1.54, 1.807) is 0 Å². The number of piperazine rings is 1. The monoisotopic (exact) mass is 278 g/mol. The molecule has 1 saturated heterocycles. The van der Waals surface area contributed by atoms with Crippen LogP contribution in [0, 0.1) is 5.92 Å². The molecule has 1 fully saturated rings. The van der Waals surface area contributed by atoms with Crippen LogP contribution in [0.25, 0.3) is 0 Å². The van der Waals surface area contributed by atoms with E-state index in [-0.39, 0.29) is 5.54 Å². The first-order valence-electron chi connectivity index (χ1n) is 7.88. The van der Waals surface area contributed by atoms with E-state index in [9.17, 15) is 0 Å². The van der Waals surface area contributed by atoms with Gasteiger partial charge >= 0.3 is 0 Å². The second kappa shape index (κ2) is 6.27. The molecule has 0 spiro atoms. The van der Waals surface area contributed by atoms with Crippen molar-refractivity contribution >= 4 is 0 Å². The second-order valence-corrected chi connectivity index (χ2v) is 6.90. The fourth-order valence-electron chi connectivity index (χ4n) is 2.97. The van der Waals surface area contributed by atoms with Gasteiger partial charge in [0.2, 0.25) is 0 Å². The number of nitrogens with one attached hydrogen (secondary N) is 1. The van der Waals surface area contributed by atoms with Crippen LogP contribution in [0.2, 0.25) is 0 Å². The number of hydrogen-bond acceptors (Lipinski definition) is 3. The lowest BCUT2D eigenvalue weighted by Crippen LogP contribution is -2.63. The molecule has 1 aromatic heterocycles. The van der Waals surface area contributed by atoms with E-state index in [1.165, 1.54) is 12.0 Å². The van der Waals surface area contributed by atoms with Gasteiger partial charge in [0.15, 0.2) is 0 Å². The van der Waals surface area contributed by atoms with Gasteiger partial charge in [0.25, 0.3) is 0 Å². The summed E-state index contributed by atoms with van der Waals surface area (Å²) in [6, 6.07) is 0.627. The first-order valence-corrected chi connectivity index (χ1v) is 7.88. The maximum atomic E-state index is 4.26. The van der Waals surface area contributed by atoms with Crippen molar-refractivity contribution in [2.45, 2.75) is 52.1 Å². The van der Waals surface area contributed by atoms with E-state index >= 15 is 0 Å². The average Bonchev–Trinajstić information content (AvgIpc) is 2.82. The predicted molar refractivity (Wildman–Crippen MR) is 83.8 cm³/mol.